The van der Waals surface area contributed by atoms with E-state index in [4.69, 9.17) is 0 Å². The summed E-state index contributed by atoms with van der Waals surface area (Å²) in [4.78, 5) is 12.5. The van der Waals surface area contributed by atoms with Gasteiger partial charge in [0.2, 0.25) is 15.9 Å². The number of carbonyl (C=O) groups is 1. The van der Waals surface area contributed by atoms with Crippen LogP contribution in [0.3, 0.4) is 0 Å². The van der Waals surface area contributed by atoms with E-state index in [1.807, 2.05) is 26.0 Å². The van der Waals surface area contributed by atoms with Gasteiger partial charge < -0.3 is 5.32 Å². The molecule has 132 valence electrons. The van der Waals surface area contributed by atoms with Crippen LogP contribution in [0.2, 0.25) is 0 Å². The molecule has 0 saturated heterocycles. The van der Waals surface area contributed by atoms with E-state index in [1.165, 1.54) is 23.6 Å². The summed E-state index contributed by atoms with van der Waals surface area (Å²) in [5.41, 5.74) is 2.48. The van der Waals surface area contributed by atoms with Gasteiger partial charge in [0.25, 0.3) is 0 Å². The highest BCUT2D eigenvalue weighted by Crippen LogP contribution is 2.44. The number of fused-ring (bicyclic) bond motifs is 2. The van der Waals surface area contributed by atoms with E-state index in [0.717, 1.165) is 29.7 Å². The van der Waals surface area contributed by atoms with E-state index in [1.54, 1.807) is 6.07 Å². The number of sulfonamides is 1. The molecule has 0 heterocycles. The van der Waals surface area contributed by atoms with Crippen molar-refractivity contribution in [2.45, 2.75) is 45.6 Å². The lowest BCUT2D eigenvalue weighted by Crippen LogP contribution is -2.45. The molecule has 6 heteroatoms. The highest BCUT2D eigenvalue weighted by molar-refractivity contribution is 7.92. The van der Waals surface area contributed by atoms with E-state index in [0.29, 0.717) is 11.6 Å². The van der Waals surface area contributed by atoms with Crippen molar-refractivity contribution < 1.29 is 13.2 Å². The van der Waals surface area contributed by atoms with Crippen LogP contribution >= 0.6 is 0 Å². The Hall–Kier alpha value is -1.56. The molecule has 1 amide bonds. The molecule has 2 aliphatic rings. The van der Waals surface area contributed by atoms with Crippen LogP contribution in [0.15, 0.2) is 18.2 Å². The fourth-order valence-corrected chi connectivity index (χ4v) is 5.10. The average molecular weight is 350 g/mol. The summed E-state index contributed by atoms with van der Waals surface area (Å²) in [5, 5.41) is 3.07. The lowest BCUT2D eigenvalue weighted by atomic mass is 9.95. The Morgan fingerprint density at radius 1 is 1.25 bits per heavy atom. The zero-order chi connectivity index (χ0) is 17.5. The molecule has 0 aromatic heterocycles. The lowest BCUT2D eigenvalue weighted by Gasteiger charge is -2.27. The highest BCUT2D eigenvalue weighted by atomic mass is 32.2. The highest BCUT2D eigenvalue weighted by Gasteiger charge is 2.40. The topological polar surface area (TPSA) is 66.5 Å². The fourth-order valence-electron chi connectivity index (χ4n) is 4.19. The number of hydrogen-bond donors (Lipinski definition) is 1. The van der Waals surface area contributed by atoms with Crippen molar-refractivity contribution in [3.8, 4) is 0 Å². The molecule has 0 spiro atoms. The second-order valence-electron chi connectivity index (χ2n) is 7.34. The summed E-state index contributed by atoms with van der Waals surface area (Å²) in [6, 6.07) is 5.74. The maximum atomic E-state index is 12.5. The molecular weight excluding hydrogens is 324 g/mol. The summed E-state index contributed by atoms with van der Waals surface area (Å²) in [7, 11) is -3.52. The van der Waals surface area contributed by atoms with E-state index < -0.39 is 10.0 Å². The average Bonchev–Trinajstić information content (AvgIpc) is 3.09. The van der Waals surface area contributed by atoms with Crippen LogP contribution in [-0.2, 0) is 14.8 Å². The first-order valence-corrected chi connectivity index (χ1v) is 10.4. The Balaban J connectivity index is 1.75. The molecule has 3 atom stereocenters. The summed E-state index contributed by atoms with van der Waals surface area (Å²) in [6.45, 7) is 3.67. The van der Waals surface area contributed by atoms with Crippen molar-refractivity contribution in [3.63, 3.8) is 0 Å². The smallest absolute Gasteiger partial charge is 0.241 e. The second-order valence-corrected chi connectivity index (χ2v) is 9.24. The zero-order valence-electron chi connectivity index (χ0n) is 14.6. The van der Waals surface area contributed by atoms with Gasteiger partial charge in [-0.05, 0) is 62.1 Å². The molecule has 0 aliphatic heterocycles. The zero-order valence-corrected chi connectivity index (χ0v) is 15.4. The van der Waals surface area contributed by atoms with E-state index >= 15 is 0 Å². The first-order chi connectivity index (χ1) is 11.3. The molecule has 2 saturated carbocycles. The normalized spacial score (nSPS) is 25.7. The molecule has 1 N–H and O–H groups in total. The number of anilines is 1. The first kappa shape index (κ1) is 17.3. The predicted octanol–water partition coefficient (Wildman–Crippen LogP) is 2.37. The molecular formula is C18H26N2O3S. The van der Waals surface area contributed by atoms with Crippen molar-refractivity contribution in [1.82, 2.24) is 5.32 Å². The Bertz CT molecular complexity index is 745. The Morgan fingerprint density at radius 3 is 2.58 bits per heavy atom. The number of rotatable bonds is 5. The molecule has 1 aromatic rings. The number of amides is 1. The Morgan fingerprint density at radius 2 is 2.00 bits per heavy atom. The summed E-state index contributed by atoms with van der Waals surface area (Å²) >= 11 is 0. The molecule has 5 nitrogen and oxygen atoms in total. The largest absolute Gasteiger partial charge is 0.352 e. The minimum Gasteiger partial charge on any atom is -0.352 e. The number of benzene rings is 1. The van der Waals surface area contributed by atoms with Gasteiger partial charge >= 0.3 is 0 Å². The van der Waals surface area contributed by atoms with Gasteiger partial charge in [0.05, 0.1) is 11.9 Å². The van der Waals surface area contributed by atoms with Crippen LogP contribution in [0, 0.1) is 25.7 Å². The van der Waals surface area contributed by atoms with Gasteiger partial charge in [0, 0.05) is 6.04 Å². The summed E-state index contributed by atoms with van der Waals surface area (Å²) in [6.07, 6.45) is 5.85. The minimum atomic E-state index is -3.52. The van der Waals surface area contributed by atoms with Gasteiger partial charge in [0.15, 0.2) is 0 Å². The van der Waals surface area contributed by atoms with Crippen molar-refractivity contribution in [3.05, 3.63) is 29.3 Å². The monoisotopic (exact) mass is 350 g/mol. The van der Waals surface area contributed by atoms with Gasteiger partial charge in [-0.3, -0.25) is 9.10 Å². The van der Waals surface area contributed by atoms with Crippen molar-refractivity contribution in [2.75, 3.05) is 17.1 Å². The van der Waals surface area contributed by atoms with Crippen LogP contribution in [0.1, 0.15) is 36.8 Å². The number of carbonyl (C=O) groups excluding carboxylic acids is 1. The number of hydrogen-bond acceptors (Lipinski definition) is 3. The van der Waals surface area contributed by atoms with Crippen molar-refractivity contribution in [2.24, 2.45) is 11.8 Å². The number of nitrogens with one attached hydrogen (secondary N) is 1. The van der Waals surface area contributed by atoms with Gasteiger partial charge in [0.1, 0.15) is 6.54 Å². The third-order valence-electron chi connectivity index (χ3n) is 5.62. The van der Waals surface area contributed by atoms with E-state index in [2.05, 4.69) is 5.32 Å². The van der Waals surface area contributed by atoms with Gasteiger partial charge in [-0.15, -0.1) is 0 Å². The van der Waals surface area contributed by atoms with Gasteiger partial charge in [-0.25, -0.2) is 8.42 Å². The van der Waals surface area contributed by atoms with Gasteiger partial charge in [-0.2, -0.15) is 0 Å². The van der Waals surface area contributed by atoms with Crippen LogP contribution in [0.4, 0.5) is 5.69 Å². The maximum Gasteiger partial charge on any atom is 0.241 e. The quantitative estimate of drug-likeness (QED) is 0.886. The van der Waals surface area contributed by atoms with Crippen LogP contribution in [0.25, 0.3) is 0 Å². The van der Waals surface area contributed by atoms with E-state index in [9.17, 15) is 13.2 Å². The van der Waals surface area contributed by atoms with Crippen LogP contribution in [-0.4, -0.2) is 33.2 Å². The van der Waals surface area contributed by atoms with E-state index in [-0.39, 0.29) is 18.5 Å². The third-order valence-corrected chi connectivity index (χ3v) is 6.74. The SMILES string of the molecule is Cc1cccc(N(CC(=O)N[C@H]2C[C@@H]3CC[C@H]2C3)S(C)(=O)=O)c1C. The maximum absolute atomic E-state index is 12.5. The number of nitrogens with zero attached hydrogens (tertiary/aromatic N) is 1. The van der Waals surface area contributed by atoms with Gasteiger partial charge in [-0.1, -0.05) is 18.6 Å². The third kappa shape index (κ3) is 3.43. The number of aryl methyl sites for hydroxylation is 1. The second kappa shape index (κ2) is 6.39. The Labute approximate surface area is 144 Å². The van der Waals surface area contributed by atoms with Crippen LogP contribution < -0.4 is 9.62 Å². The molecule has 0 radical (unpaired) electrons. The first-order valence-electron chi connectivity index (χ1n) is 8.59. The molecule has 2 bridgehead atoms. The Kier molecular flexibility index (Phi) is 4.60. The van der Waals surface area contributed by atoms with Crippen molar-refractivity contribution in [1.29, 1.82) is 0 Å². The predicted molar refractivity (Wildman–Crippen MR) is 95.5 cm³/mol. The standard InChI is InChI=1S/C18H26N2O3S/c1-12-5-4-6-17(13(12)2)20(24(3,22)23)11-18(21)19-16-10-14-7-8-15(16)9-14/h4-6,14-16H,7-11H2,1-3H3,(H,19,21)/t14-,15+,16+/m1/s1. The molecule has 24 heavy (non-hydrogen) atoms. The molecule has 3 rings (SSSR count). The fraction of sp³-hybridized carbons (Fsp3) is 0.611. The minimum absolute atomic E-state index is 0.156. The lowest BCUT2D eigenvalue weighted by molar-refractivity contribution is -0.120. The summed E-state index contributed by atoms with van der Waals surface area (Å²) in [5.74, 6) is 1.11. The molecule has 2 aliphatic carbocycles. The van der Waals surface area contributed by atoms with Crippen LogP contribution in [0.5, 0.6) is 0 Å². The van der Waals surface area contributed by atoms with Crippen molar-refractivity contribution >= 4 is 21.6 Å². The summed E-state index contributed by atoms with van der Waals surface area (Å²) < 4.78 is 25.7. The molecule has 2 fully saturated rings. The molecule has 0 unspecified atom stereocenters. The molecule has 1 aromatic carbocycles.